The van der Waals surface area contributed by atoms with E-state index in [0.717, 1.165) is 0 Å². The zero-order valence-electron chi connectivity index (χ0n) is 4.13. The molecule has 1 rings (SSSR count). The predicted octanol–water partition coefficient (Wildman–Crippen LogP) is 0.118. The maximum absolute atomic E-state index is 10.4. The lowest BCUT2D eigenvalue weighted by atomic mass is 10.4. The molecule has 0 saturated heterocycles. The lowest BCUT2D eigenvalue weighted by Gasteiger charge is -1.90. The first-order valence-electron chi connectivity index (χ1n) is 2.18. The van der Waals surface area contributed by atoms with E-state index in [0.29, 0.717) is 0 Å². The minimum atomic E-state index is -0.0741. The average molecular weight is 111 g/mol. The number of hydrogen-bond acceptors (Lipinski definition) is 3. The molecular weight excluding hydrogens is 106 g/mol. The Bertz CT molecular complexity index is 133. The van der Waals surface area contributed by atoms with Crippen LogP contribution in [0.1, 0.15) is 0 Å². The number of carbonyl (C=O) groups excluding carboxylic acids is 1. The summed E-state index contributed by atoms with van der Waals surface area (Å²) in [6.07, 6.45) is 5.44. The van der Waals surface area contributed by atoms with Crippen molar-refractivity contribution in [2.24, 2.45) is 0 Å². The van der Waals surface area contributed by atoms with Crippen LogP contribution >= 0.6 is 0 Å². The Morgan fingerprint density at radius 2 is 2.38 bits per heavy atom. The number of hydrogen-bond donors (Lipinski definition) is 1. The van der Waals surface area contributed by atoms with E-state index in [4.69, 9.17) is 0 Å². The van der Waals surface area contributed by atoms with E-state index in [-0.39, 0.29) is 5.78 Å². The van der Waals surface area contributed by atoms with Crippen molar-refractivity contribution in [2.45, 2.75) is 0 Å². The molecule has 0 saturated carbocycles. The summed E-state index contributed by atoms with van der Waals surface area (Å²) in [6, 6.07) is 0. The maximum Gasteiger partial charge on any atom is 0.183 e. The normalized spacial score (nSPS) is 16.8. The van der Waals surface area contributed by atoms with Crippen LogP contribution in [0.25, 0.3) is 0 Å². The van der Waals surface area contributed by atoms with Crippen molar-refractivity contribution in [3.63, 3.8) is 0 Å². The molecule has 0 aromatic rings. The summed E-state index contributed by atoms with van der Waals surface area (Å²) in [6.45, 7) is 0. The van der Waals surface area contributed by atoms with Crippen LogP contribution < -0.4 is 5.48 Å². The number of allylic oxidation sites excluding steroid dienone is 2. The summed E-state index contributed by atoms with van der Waals surface area (Å²) in [4.78, 5) is 14.9. The van der Waals surface area contributed by atoms with Crippen LogP contribution in [0.5, 0.6) is 0 Å². The third-order valence-electron chi connectivity index (χ3n) is 0.684. The van der Waals surface area contributed by atoms with Gasteiger partial charge in [-0.25, -0.2) is 5.48 Å². The lowest BCUT2D eigenvalue weighted by Crippen LogP contribution is -1.97. The number of carbonyl (C=O) groups is 1. The van der Waals surface area contributed by atoms with Gasteiger partial charge in [0, 0.05) is 18.4 Å². The van der Waals surface area contributed by atoms with E-state index in [2.05, 4.69) is 10.3 Å². The molecule has 0 radical (unpaired) electrons. The standard InChI is InChI=1S/C5H5NO2/c7-5-1-3-6-8-4-2-5/h1-4,6H. The van der Waals surface area contributed by atoms with Gasteiger partial charge in [-0.05, 0) is 0 Å². The zero-order chi connectivity index (χ0) is 5.82. The molecule has 1 N–H and O–H groups in total. The average Bonchev–Trinajstić information content (AvgIpc) is 1.94. The molecule has 0 fully saturated rings. The highest BCUT2D eigenvalue weighted by atomic mass is 16.6. The molecule has 0 atom stereocenters. The molecule has 0 unspecified atom stereocenters. The van der Waals surface area contributed by atoms with Gasteiger partial charge in [-0.2, -0.15) is 0 Å². The summed E-state index contributed by atoms with van der Waals surface area (Å²) >= 11 is 0. The largest absolute Gasteiger partial charge is 0.390 e. The Kier molecular flexibility index (Phi) is 1.32. The Hall–Kier alpha value is -1.25. The minimum Gasteiger partial charge on any atom is -0.390 e. The fraction of sp³-hybridized carbons (Fsp3) is 0. The van der Waals surface area contributed by atoms with E-state index >= 15 is 0 Å². The Morgan fingerprint density at radius 1 is 1.50 bits per heavy atom. The highest BCUT2D eigenvalue weighted by Gasteiger charge is 1.89. The van der Waals surface area contributed by atoms with Gasteiger partial charge in [0.2, 0.25) is 0 Å². The molecule has 1 aliphatic rings. The summed E-state index contributed by atoms with van der Waals surface area (Å²) in [5.41, 5.74) is 2.39. The molecule has 0 bridgehead atoms. The summed E-state index contributed by atoms with van der Waals surface area (Å²) in [5, 5.41) is 0. The van der Waals surface area contributed by atoms with E-state index in [1.807, 2.05) is 0 Å². The van der Waals surface area contributed by atoms with Gasteiger partial charge in [0.25, 0.3) is 0 Å². The van der Waals surface area contributed by atoms with Crippen LogP contribution in [-0.4, -0.2) is 5.78 Å². The van der Waals surface area contributed by atoms with E-state index in [1.165, 1.54) is 24.6 Å². The molecule has 8 heavy (non-hydrogen) atoms. The van der Waals surface area contributed by atoms with Crippen molar-refractivity contribution in [3.8, 4) is 0 Å². The molecular formula is C5H5NO2. The van der Waals surface area contributed by atoms with Gasteiger partial charge in [0.05, 0.1) is 0 Å². The lowest BCUT2D eigenvalue weighted by molar-refractivity contribution is -0.110. The minimum absolute atomic E-state index is 0.0741. The molecule has 3 nitrogen and oxygen atoms in total. The molecule has 0 amide bonds. The van der Waals surface area contributed by atoms with Crippen LogP contribution in [0.2, 0.25) is 0 Å². The van der Waals surface area contributed by atoms with E-state index < -0.39 is 0 Å². The molecule has 1 aliphatic heterocycles. The Labute approximate surface area is 46.6 Å². The summed E-state index contributed by atoms with van der Waals surface area (Å²) < 4.78 is 0. The van der Waals surface area contributed by atoms with Gasteiger partial charge >= 0.3 is 0 Å². The van der Waals surface area contributed by atoms with Gasteiger partial charge in [0.15, 0.2) is 5.78 Å². The predicted molar refractivity (Wildman–Crippen MR) is 27.5 cm³/mol. The molecule has 0 aliphatic carbocycles. The van der Waals surface area contributed by atoms with Crippen LogP contribution in [0, 0.1) is 0 Å². The van der Waals surface area contributed by atoms with E-state index in [9.17, 15) is 4.79 Å². The third-order valence-corrected chi connectivity index (χ3v) is 0.684. The monoisotopic (exact) mass is 111 g/mol. The van der Waals surface area contributed by atoms with Crippen molar-refractivity contribution in [3.05, 3.63) is 24.6 Å². The second-order valence-electron chi connectivity index (χ2n) is 1.27. The van der Waals surface area contributed by atoms with Gasteiger partial charge < -0.3 is 4.84 Å². The van der Waals surface area contributed by atoms with Crippen molar-refractivity contribution < 1.29 is 9.63 Å². The molecule has 1 heterocycles. The van der Waals surface area contributed by atoms with Gasteiger partial charge in [-0.1, -0.05) is 0 Å². The van der Waals surface area contributed by atoms with Crippen LogP contribution in [-0.2, 0) is 9.63 Å². The van der Waals surface area contributed by atoms with Crippen LogP contribution in [0.3, 0.4) is 0 Å². The summed E-state index contributed by atoms with van der Waals surface area (Å²) in [5.74, 6) is -0.0741. The van der Waals surface area contributed by atoms with Crippen LogP contribution in [0.4, 0.5) is 0 Å². The maximum atomic E-state index is 10.4. The number of ketones is 1. The van der Waals surface area contributed by atoms with Gasteiger partial charge in [0.1, 0.15) is 6.26 Å². The molecule has 0 spiro atoms. The topological polar surface area (TPSA) is 38.3 Å². The fourth-order valence-electron chi connectivity index (χ4n) is 0.351. The molecule has 3 heteroatoms. The molecule has 0 aromatic carbocycles. The highest BCUT2D eigenvalue weighted by molar-refractivity contribution is 5.98. The summed E-state index contributed by atoms with van der Waals surface area (Å²) in [7, 11) is 0. The van der Waals surface area contributed by atoms with Crippen molar-refractivity contribution in [2.75, 3.05) is 0 Å². The Balaban J connectivity index is 2.64. The quantitative estimate of drug-likeness (QED) is 0.482. The van der Waals surface area contributed by atoms with Gasteiger partial charge in [-0.15, -0.1) is 0 Å². The van der Waals surface area contributed by atoms with E-state index in [1.54, 1.807) is 0 Å². The first kappa shape index (κ1) is 4.90. The smallest absolute Gasteiger partial charge is 0.183 e. The second-order valence-corrected chi connectivity index (χ2v) is 1.27. The second kappa shape index (κ2) is 2.16. The first-order chi connectivity index (χ1) is 3.89. The van der Waals surface area contributed by atoms with Crippen LogP contribution in [0.15, 0.2) is 24.6 Å². The first-order valence-corrected chi connectivity index (χ1v) is 2.18. The highest BCUT2D eigenvalue weighted by Crippen LogP contribution is 1.84. The Morgan fingerprint density at radius 3 is 3.25 bits per heavy atom. The SMILES string of the molecule is O=C1C=CNOC=C1. The third kappa shape index (κ3) is 1.11. The van der Waals surface area contributed by atoms with Crippen molar-refractivity contribution in [1.82, 2.24) is 5.48 Å². The molecule has 42 valence electrons. The fourth-order valence-corrected chi connectivity index (χ4v) is 0.351. The number of hydroxylamine groups is 1. The number of rotatable bonds is 0. The van der Waals surface area contributed by atoms with Crippen molar-refractivity contribution in [1.29, 1.82) is 0 Å². The zero-order valence-corrected chi connectivity index (χ0v) is 4.13. The molecule has 0 aromatic heterocycles. The van der Waals surface area contributed by atoms with Gasteiger partial charge in [-0.3, -0.25) is 4.79 Å². The van der Waals surface area contributed by atoms with Crippen molar-refractivity contribution >= 4 is 5.78 Å². The number of nitrogens with one attached hydrogen (secondary N) is 1.